The van der Waals surface area contributed by atoms with Gasteiger partial charge in [-0.1, -0.05) is 5.16 Å². The number of carbonyl (C=O) groups excluding carboxylic acids is 2. The van der Waals surface area contributed by atoms with Gasteiger partial charge in [-0.25, -0.2) is 9.59 Å². The molecule has 0 aliphatic rings. The lowest BCUT2D eigenvalue weighted by Crippen LogP contribution is -2.20. The third-order valence-corrected chi connectivity index (χ3v) is 2.40. The molecule has 0 spiro atoms. The fourth-order valence-corrected chi connectivity index (χ4v) is 1.64. The number of amides is 1. The first kappa shape index (κ1) is 15.8. The van der Waals surface area contributed by atoms with Crippen LogP contribution >= 0.6 is 11.5 Å². The first-order valence-electron chi connectivity index (χ1n) is 5.68. The lowest BCUT2D eigenvalue weighted by atomic mass is 10.3. The Balaban J connectivity index is 2.84. The van der Waals surface area contributed by atoms with E-state index in [9.17, 15) is 9.59 Å². The second-order valence-corrected chi connectivity index (χ2v) is 3.86. The first-order valence-corrected chi connectivity index (χ1v) is 6.45. The van der Waals surface area contributed by atoms with Crippen LogP contribution in [0.3, 0.4) is 0 Å². The Labute approximate surface area is 119 Å². The number of carbonyl (C=O) groups is 2. The summed E-state index contributed by atoms with van der Waals surface area (Å²) in [7, 11) is 1.28. The highest BCUT2D eigenvalue weighted by Gasteiger charge is 2.22. The Morgan fingerprint density at radius 1 is 1.30 bits per heavy atom. The standard InChI is InChI=1S/C10H14N4O5S/c1-4-18-8(15)6(13-17-3)7-11-9(20-14-7)12-10(16)19-5-2/h4-5H2,1-3H3,(H,11,12,14,16). The van der Waals surface area contributed by atoms with Crippen molar-refractivity contribution in [1.29, 1.82) is 0 Å². The molecule has 0 aromatic carbocycles. The lowest BCUT2D eigenvalue weighted by molar-refractivity contribution is -0.135. The number of oxime groups is 1. The monoisotopic (exact) mass is 302 g/mol. The minimum atomic E-state index is -0.713. The van der Waals surface area contributed by atoms with Crippen molar-refractivity contribution in [3.05, 3.63) is 5.82 Å². The summed E-state index contributed by atoms with van der Waals surface area (Å²) in [6.45, 7) is 3.75. The van der Waals surface area contributed by atoms with E-state index in [1.807, 2.05) is 0 Å². The van der Waals surface area contributed by atoms with Crippen LogP contribution in [-0.2, 0) is 19.1 Å². The molecule has 1 aromatic rings. The third-order valence-electron chi connectivity index (χ3n) is 1.77. The van der Waals surface area contributed by atoms with Crippen LogP contribution in [0, 0.1) is 0 Å². The predicted octanol–water partition coefficient (Wildman–Crippen LogP) is 1.02. The van der Waals surface area contributed by atoms with E-state index in [0.29, 0.717) is 0 Å². The molecule has 1 aromatic heterocycles. The van der Waals surface area contributed by atoms with Crippen molar-refractivity contribution in [2.45, 2.75) is 13.8 Å². The molecule has 10 heteroatoms. The van der Waals surface area contributed by atoms with Crippen LogP contribution in [0.25, 0.3) is 0 Å². The van der Waals surface area contributed by atoms with Crippen LogP contribution in [0.4, 0.5) is 9.93 Å². The summed E-state index contributed by atoms with van der Waals surface area (Å²) in [6, 6.07) is 0. The molecule has 110 valence electrons. The quantitative estimate of drug-likeness (QED) is 0.474. The summed E-state index contributed by atoms with van der Waals surface area (Å²) in [5, 5.41) is 6.06. The number of rotatable bonds is 6. The number of hydrogen-bond donors (Lipinski definition) is 1. The molecule has 0 radical (unpaired) electrons. The molecule has 0 fully saturated rings. The number of hydrogen-bond acceptors (Lipinski definition) is 9. The highest BCUT2D eigenvalue weighted by atomic mass is 32.1. The molecule has 1 N–H and O–H groups in total. The van der Waals surface area contributed by atoms with Crippen molar-refractivity contribution in [3.8, 4) is 0 Å². The van der Waals surface area contributed by atoms with E-state index in [1.54, 1.807) is 13.8 Å². The zero-order valence-electron chi connectivity index (χ0n) is 11.2. The SMILES string of the molecule is CCOC(=O)Nc1nc(C(=NOC)C(=O)OCC)ns1. The van der Waals surface area contributed by atoms with E-state index < -0.39 is 12.1 Å². The van der Waals surface area contributed by atoms with Gasteiger partial charge in [0.15, 0.2) is 0 Å². The van der Waals surface area contributed by atoms with E-state index in [1.165, 1.54) is 7.11 Å². The van der Waals surface area contributed by atoms with Gasteiger partial charge in [0.25, 0.3) is 0 Å². The summed E-state index contributed by atoms with van der Waals surface area (Å²) in [5.74, 6) is -0.711. The molecule has 0 bridgehead atoms. The molecule has 0 aliphatic heterocycles. The Morgan fingerprint density at radius 3 is 2.60 bits per heavy atom. The first-order chi connectivity index (χ1) is 9.62. The Kier molecular flexibility index (Phi) is 6.37. The molecular formula is C10H14N4O5S. The van der Waals surface area contributed by atoms with Gasteiger partial charge in [-0.15, -0.1) is 0 Å². The largest absolute Gasteiger partial charge is 0.461 e. The van der Waals surface area contributed by atoms with E-state index in [-0.39, 0.29) is 29.9 Å². The average molecular weight is 302 g/mol. The molecule has 1 rings (SSSR count). The van der Waals surface area contributed by atoms with Crippen molar-refractivity contribution < 1.29 is 23.9 Å². The zero-order valence-corrected chi connectivity index (χ0v) is 12.0. The van der Waals surface area contributed by atoms with Crippen LogP contribution in [0.5, 0.6) is 0 Å². The number of ether oxygens (including phenoxy) is 2. The maximum absolute atomic E-state index is 11.6. The minimum Gasteiger partial charge on any atom is -0.461 e. The highest BCUT2D eigenvalue weighted by Crippen LogP contribution is 2.12. The smallest absolute Gasteiger partial charge is 0.413 e. The van der Waals surface area contributed by atoms with Gasteiger partial charge in [-0.2, -0.15) is 9.36 Å². The van der Waals surface area contributed by atoms with Crippen LogP contribution in [0.2, 0.25) is 0 Å². The van der Waals surface area contributed by atoms with Crippen LogP contribution in [0.1, 0.15) is 19.7 Å². The van der Waals surface area contributed by atoms with Gasteiger partial charge in [-0.3, -0.25) is 5.32 Å². The molecule has 1 heterocycles. The Hall–Kier alpha value is -2.23. The summed E-state index contributed by atoms with van der Waals surface area (Å²) in [4.78, 5) is 31.4. The van der Waals surface area contributed by atoms with Gasteiger partial charge < -0.3 is 14.3 Å². The molecule has 0 unspecified atom stereocenters. The van der Waals surface area contributed by atoms with Gasteiger partial charge in [0.1, 0.15) is 7.11 Å². The second-order valence-electron chi connectivity index (χ2n) is 3.11. The minimum absolute atomic E-state index is 0.00194. The average Bonchev–Trinajstić information content (AvgIpc) is 2.84. The van der Waals surface area contributed by atoms with Gasteiger partial charge in [0.2, 0.25) is 16.7 Å². The highest BCUT2D eigenvalue weighted by molar-refractivity contribution is 7.10. The fraction of sp³-hybridized carbons (Fsp3) is 0.500. The summed E-state index contributed by atoms with van der Waals surface area (Å²) in [6.07, 6.45) is -0.656. The summed E-state index contributed by atoms with van der Waals surface area (Å²) >= 11 is 0.876. The van der Waals surface area contributed by atoms with Crippen LogP contribution in [0.15, 0.2) is 5.16 Å². The van der Waals surface area contributed by atoms with E-state index in [0.717, 1.165) is 11.5 Å². The van der Waals surface area contributed by atoms with Gasteiger partial charge in [0, 0.05) is 11.5 Å². The number of aromatic nitrogens is 2. The molecule has 0 saturated carbocycles. The summed E-state index contributed by atoms with van der Waals surface area (Å²) < 4.78 is 13.4. The third kappa shape index (κ3) is 4.46. The van der Waals surface area contributed by atoms with Crippen molar-refractivity contribution in [2.75, 3.05) is 25.6 Å². The molecule has 20 heavy (non-hydrogen) atoms. The van der Waals surface area contributed by atoms with Gasteiger partial charge in [-0.05, 0) is 13.8 Å². The molecular weight excluding hydrogens is 288 g/mol. The predicted molar refractivity (Wildman–Crippen MR) is 70.7 cm³/mol. The molecule has 0 saturated heterocycles. The number of nitrogens with one attached hydrogen (secondary N) is 1. The maximum Gasteiger partial charge on any atom is 0.413 e. The fourth-order valence-electron chi connectivity index (χ4n) is 1.09. The van der Waals surface area contributed by atoms with E-state index in [4.69, 9.17) is 9.47 Å². The topological polar surface area (TPSA) is 112 Å². The van der Waals surface area contributed by atoms with E-state index in [2.05, 4.69) is 24.7 Å². The number of nitrogens with zero attached hydrogens (tertiary/aromatic N) is 3. The Bertz CT molecular complexity index is 502. The van der Waals surface area contributed by atoms with Crippen LogP contribution in [-0.4, -0.2) is 47.5 Å². The van der Waals surface area contributed by atoms with Crippen LogP contribution < -0.4 is 5.32 Å². The maximum atomic E-state index is 11.6. The Morgan fingerprint density at radius 2 is 2.00 bits per heavy atom. The molecule has 1 amide bonds. The van der Waals surface area contributed by atoms with Crippen molar-refractivity contribution in [1.82, 2.24) is 9.36 Å². The van der Waals surface area contributed by atoms with Gasteiger partial charge >= 0.3 is 12.1 Å². The number of anilines is 1. The molecule has 0 atom stereocenters. The second kappa shape index (κ2) is 8.04. The number of esters is 1. The van der Waals surface area contributed by atoms with Crippen molar-refractivity contribution >= 4 is 34.4 Å². The zero-order chi connectivity index (χ0) is 15.0. The van der Waals surface area contributed by atoms with Gasteiger partial charge in [0.05, 0.1) is 13.2 Å². The van der Waals surface area contributed by atoms with Crippen molar-refractivity contribution in [3.63, 3.8) is 0 Å². The normalized spacial score (nSPS) is 10.8. The molecule has 0 aliphatic carbocycles. The lowest BCUT2D eigenvalue weighted by Gasteiger charge is -2.01. The van der Waals surface area contributed by atoms with E-state index >= 15 is 0 Å². The summed E-state index contributed by atoms with van der Waals surface area (Å²) in [5.41, 5.74) is -0.178. The molecule has 9 nitrogen and oxygen atoms in total. The van der Waals surface area contributed by atoms with Crippen molar-refractivity contribution in [2.24, 2.45) is 5.16 Å².